The summed E-state index contributed by atoms with van der Waals surface area (Å²) in [4.78, 5) is 27.4. The highest BCUT2D eigenvalue weighted by Crippen LogP contribution is 2.20. The molecular formula is C18H24N2O3S. The summed E-state index contributed by atoms with van der Waals surface area (Å²) in [5, 5.41) is 4.96. The Labute approximate surface area is 146 Å². The fourth-order valence-corrected chi connectivity index (χ4v) is 3.89. The van der Waals surface area contributed by atoms with E-state index in [1.807, 2.05) is 17.5 Å². The van der Waals surface area contributed by atoms with Gasteiger partial charge in [0.2, 0.25) is 11.8 Å². The molecule has 1 aliphatic heterocycles. The van der Waals surface area contributed by atoms with Gasteiger partial charge in [-0.25, -0.2) is 0 Å². The Morgan fingerprint density at radius 3 is 3.08 bits per heavy atom. The van der Waals surface area contributed by atoms with Gasteiger partial charge in [0.25, 0.3) is 0 Å². The molecular weight excluding hydrogens is 324 g/mol. The first kappa shape index (κ1) is 17.2. The molecule has 1 aromatic heterocycles. The highest BCUT2D eigenvalue weighted by molar-refractivity contribution is 7.09. The summed E-state index contributed by atoms with van der Waals surface area (Å²) in [7, 11) is 0. The summed E-state index contributed by atoms with van der Waals surface area (Å²) in [6.45, 7) is 1.43. The van der Waals surface area contributed by atoms with Crippen LogP contribution < -0.4 is 5.32 Å². The molecule has 0 aromatic carbocycles. The van der Waals surface area contributed by atoms with Crippen molar-refractivity contribution in [3.63, 3.8) is 0 Å². The van der Waals surface area contributed by atoms with Crippen LogP contribution in [0.3, 0.4) is 0 Å². The van der Waals surface area contributed by atoms with Gasteiger partial charge in [-0.15, -0.1) is 11.3 Å². The van der Waals surface area contributed by atoms with Crippen LogP contribution in [0.15, 0.2) is 29.2 Å². The third kappa shape index (κ3) is 4.45. The van der Waals surface area contributed by atoms with Gasteiger partial charge in [-0.3, -0.25) is 9.59 Å². The maximum absolute atomic E-state index is 12.5. The Morgan fingerprint density at radius 2 is 2.33 bits per heavy atom. The van der Waals surface area contributed by atoms with E-state index < -0.39 is 6.04 Å². The number of carbonyl (C=O) groups is 2. The second kappa shape index (κ2) is 8.44. The maximum atomic E-state index is 12.5. The second-order valence-corrected chi connectivity index (χ2v) is 7.31. The van der Waals surface area contributed by atoms with E-state index in [0.29, 0.717) is 13.1 Å². The third-order valence-corrected chi connectivity index (χ3v) is 5.40. The molecule has 2 aliphatic rings. The average molecular weight is 348 g/mol. The first-order valence-corrected chi connectivity index (χ1v) is 9.47. The lowest BCUT2D eigenvalue weighted by Gasteiger charge is -2.34. The minimum absolute atomic E-state index is 0.0576. The van der Waals surface area contributed by atoms with Gasteiger partial charge >= 0.3 is 0 Å². The molecule has 6 heteroatoms. The maximum Gasteiger partial charge on any atom is 0.249 e. The number of nitrogens with one attached hydrogen (secondary N) is 1. The molecule has 0 spiro atoms. The molecule has 24 heavy (non-hydrogen) atoms. The number of amides is 2. The van der Waals surface area contributed by atoms with E-state index in [2.05, 4.69) is 11.4 Å². The molecule has 5 nitrogen and oxygen atoms in total. The van der Waals surface area contributed by atoms with Gasteiger partial charge in [-0.1, -0.05) is 17.7 Å². The quantitative estimate of drug-likeness (QED) is 0.804. The normalized spacial score (nSPS) is 21.5. The van der Waals surface area contributed by atoms with Gasteiger partial charge in [0.05, 0.1) is 13.2 Å². The zero-order chi connectivity index (χ0) is 16.8. The van der Waals surface area contributed by atoms with Gasteiger partial charge in [0.15, 0.2) is 0 Å². The van der Waals surface area contributed by atoms with Gasteiger partial charge in [0.1, 0.15) is 12.6 Å². The molecule has 2 heterocycles. The van der Waals surface area contributed by atoms with Crippen molar-refractivity contribution in [3.05, 3.63) is 34.0 Å². The minimum atomic E-state index is -0.534. The number of nitrogens with zero attached hydrogens (tertiary/aromatic N) is 1. The van der Waals surface area contributed by atoms with Gasteiger partial charge in [0, 0.05) is 11.4 Å². The molecule has 1 atom stereocenters. The molecule has 1 fully saturated rings. The molecule has 0 saturated carbocycles. The number of ether oxygens (including phenoxy) is 1. The van der Waals surface area contributed by atoms with Crippen LogP contribution in [0.5, 0.6) is 0 Å². The summed E-state index contributed by atoms with van der Waals surface area (Å²) < 4.78 is 5.30. The van der Waals surface area contributed by atoms with E-state index >= 15 is 0 Å². The SMILES string of the molecule is O=C(NCCC1=CCCCC1)[C@@H]1COCC(=O)N1Cc1cccs1. The van der Waals surface area contributed by atoms with Crippen molar-refractivity contribution in [1.29, 1.82) is 0 Å². The van der Waals surface area contributed by atoms with Gasteiger partial charge in [-0.05, 0) is 43.6 Å². The Kier molecular flexibility index (Phi) is 6.04. The van der Waals surface area contributed by atoms with Gasteiger partial charge < -0.3 is 15.0 Å². The predicted octanol–water partition coefficient (Wildman–Crippen LogP) is 2.48. The van der Waals surface area contributed by atoms with Crippen molar-refractivity contribution in [2.45, 2.75) is 44.7 Å². The monoisotopic (exact) mass is 348 g/mol. The third-order valence-electron chi connectivity index (χ3n) is 4.54. The van der Waals surface area contributed by atoms with Crippen LogP contribution in [-0.4, -0.2) is 42.5 Å². The van der Waals surface area contributed by atoms with Crippen LogP contribution in [0.2, 0.25) is 0 Å². The molecule has 0 bridgehead atoms. The number of hydrogen-bond donors (Lipinski definition) is 1. The number of morpholine rings is 1. The summed E-state index contributed by atoms with van der Waals surface area (Å²) in [6, 6.07) is 3.41. The number of thiophene rings is 1. The zero-order valence-electron chi connectivity index (χ0n) is 13.8. The fraction of sp³-hybridized carbons (Fsp3) is 0.556. The standard InChI is InChI=1S/C18H24N2O3S/c21-17-13-23-12-16(20(17)11-15-7-4-10-24-15)18(22)19-9-8-14-5-2-1-3-6-14/h4-5,7,10,16H,1-3,6,8-9,11-13H2,(H,19,22)/t16-/m0/s1. The van der Waals surface area contributed by atoms with E-state index in [1.165, 1.54) is 18.4 Å². The van der Waals surface area contributed by atoms with Crippen molar-refractivity contribution in [2.75, 3.05) is 19.8 Å². The van der Waals surface area contributed by atoms with E-state index in [9.17, 15) is 9.59 Å². The van der Waals surface area contributed by atoms with Crippen LogP contribution in [0, 0.1) is 0 Å². The molecule has 1 aromatic rings. The topological polar surface area (TPSA) is 58.6 Å². The van der Waals surface area contributed by atoms with Crippen LogP contribution in [0.25, 0.3) is 0 Å². The zero-order valence-corrected chi connectivity index (χ0v) is 14.6. The van der Waals surface area contributed by atoms with Crippen LogP contribution >= 0.6 is 11.3 Å². The highest BCUT2D eigenvalue weighted by Gasteiger charge is 2.34. The Morgan fingerprint density at radius 1 is 1.42 bits per heavy atom. The van der Waals surface area contributed by atoms with Crippen molar-refractivity contribution in [3.8, 4) is 0 Å². The van der Waals surface area contributed by atoms with Crippen LogP contribution in [0.4, 0.5) is 0 Å². The minimum Gasteiger partial charge on any atom is -0.369 e. The number of rotatable bonds is 6. The van der Waals surface area contributed by atoms with E-state index in [1.54, 1.807) is 16.2 Å². The molecule has 0 radical (unpaired) electrons. The summed E-state index contributed by atoms with van der Waals surface area (Å²) in [5.41, 5.74) is 1.44. The largest absolute Gasteiger partial charge is 0.369 e. The molecule has 1 N–H and O–H groups in total. The van der Waals surface area contributed by atoms with Crippen molar-refractivity contribution in [2.24, 2.45) is 0 Å². The first-order valence-electron chi connectivity index (χ1n) is 8.59. The molecule has 130 valence electrons. The Bertz CT molecular complexity index is 597. The average Bonchev–Trinajstić information content (AvgIpc) is 3.11. The van der Waals surface area contributed by atoms with Gasteiger partial charge in [-0.2, -0.15) is 0 Å². The summed E-state index contributed by atoms with van der Waals surface area (Å²) in [5.74, 6) is -0.235. The van der Waals surface area contributed by atoms with E-state index in [0.717, 1.165) is 24.1 Å². The van der Waals surface area contributed by atoms with E-state index in [4.69, 9.17) is 4.74 Å². The van der Waals surface area contributed by atoms with Crippen LogP contribution in [0.1, 0.15) is 37.0 Å². The molecule has 2 amide bonds. The molecule has 1 saturated heterocycles. The smallest absolute Gasteiger partial charge is 0.249 e. The van der Waals surface area contributed by atoms with Crippen molar-refractivity contribution < 1.29 is 14.3 Å². The summed E-state index contributed by atoms with van der Waals surface area (Å²) >= 11 is 1.60. The number of carbonyl (C=O) groups excluding carboxylic acids is 2. The molecule has 0 unspecified atom stereocenters. The van der Waals surface area contributed by atoms with Crippen LogP contribution in [-0.2, 0) is 20.9 Å². The Hall–Kier alpha value is -1.66. The lowest BCUT2D eigenvalue weighted by Crippen LogP contribution is -2.55. The lowest BCUT2D eigenvalue weighted by molar-refractivity contribution is -0.155. The van der Waals surface area contributed by atoms with Crippen molar-refractivity contribution >= 4 is 23.2 Å². The van der Waals surface area contributed by atoms with E-state index in [-0.39, 0.29) is 25.0 Å². The molecule has 3 rings (SSSR count). The number of allylic oxidation sites excluding steroid dienone is 1. The predicted molar refractivity (Wildman–Crippen MR) is 93.7 cm³/mol. The lowest BCUT2D eigenvalue weighted by atomic mass is 9.97. The molecule has 1 aliphatic carbocycles. The highest BCUT2D eigenvalue weighted by atomic mass is 32.1. The summed E-state index contributed by atoms with van der Waals surface area (Å²) in [6.07, 6.45) is 8.02. The first-order chi connectivity index (χ1) is 11.7. The second-order valence-electron chi connectivity index (χ2n) is 6.28. The Balaban J connectivity index is 1.54. The van der Waals surface area contributed by atoms with Crippen molar-refractivity contribution in [1.82, 2.24) is 10.2 Å². The fourth-order valence-electron chi connectivity index (χ4n) is 3.19. The number of hydrogen-bond acceptors (Lipinski definition) is 4.